The molecule has 0 unspecified atom stereocenters. The highest BCUT2D eigenvalue weighted by Crippen LogP contribution is 2.35. The van der Waals surface area contributed by atoms with Crippen molar-refractivity contribution in [1.29, 1.82) is 0 Å². The Morgan fingerprint density at radius 2 is 1.85 bits per heavy atom. The highest BCUT2D eigenvalue weighted by molar-refractivity contribution is 14.1. The Hall–Kier alpha value is -4.78. The first-order chi connectivity index (χ1) is 22.6. The summed E-state index contributed by atoms with van der Waals surface area (Å²) in [7, 11) is 1.64. The lowest BCUT2D eigenvalue weighted by molar-refractivity contribution is -0.118. The molecule has 0 saturated carbocycles. The molecular weight excluding hydrogens is 714 g/mol. The van der Waals surface area contributed by atoms with Gasteiger partial charge in [-0.05, 0) is 114 Å². The summed E-state index contributed by atoms with van der Waals surface area (Å²) in [6, 6.07) is 20.3. The number of carbonyl (C=O) groups is 1. The number of para-hydroxylation sites is 1. The molecule has 5 aromatic rings. The zero-order valence-corrected chi connectivity index (χ0v) is 28.8. The van der Waals surface area contributed by atoms with E-state index in [1.54, 1.807) is 43.7 Å². The summed E-state index contributed by atoms with van der Waals surface area (Å²) in [5.74, 6) is 1.20. The van der Waals surface area contributed by atoms with E-state index in [-0.39, 0.29) is 18.1 Å². The highest BCUT2D eigenvalue weighted by atomic mass is 127. The fraction of sp³-hybridized carbons (Fsp3) is 0.222. The quantitative estimate of drug-likeness (QED) is 0.111. The molecule has 47 heavy (non-hydrogen) atoms. The molecule has 11 heteroatoms. The number of halogens is 2. The average molecular weight is 749 g/mol. The SMILES string of the molecule is CCOc1cc(C=Nn2c(-c3cc(C(C)C)c(OC)cc3C)nc3ccccc3c2=O)cc(I)c1OCC(=O)Nc1cccc(F)c1. The molecule has 4 aromatic carbocycles. The topological polar surface area (TPSA) is 104 Å². The van der Waals surface area contributed by atoms with Gasteiger partial charge >= 0.3 is 0 Å². The van der Waals surface area contributed by atoms with Crippen LogP contribution in [0.5, 0.6) is 17.2 Å². The van der Waals surface area contributed by atoms with Gasteiger partial charge in [0.05, 0.1) is 34.4 Å². The van der Waals surface area contributed by atoms with Gasteiger partial charge in [-0.3, -0.25) is 9.59 Å². The van der Waals surface area contributed by atoms with Gasteiger partial charge in [0.2, 0.25) is 0 Å². The molecule has 0 fully saturated rings. The first kappa shape index (κ1) is 33.6. The van der Waals surface area contributed by atoms with Crippen molar-refractivity contribution >= 4 is 51.3 Å². The molecule has 0 aliphatic heterocycles. The van der Waals surface area contributed by atoms with Gasteiger partial charge in [-0.2, -0.15) is 9.78 Å². The number of methoxy groups -OCH3 is 1. The number of benzene rings is 4. The van der Waals surface area contributed by atoms with Crippen LogP contribution in [0.3, 0.4) is 0 Å². The molecule has 0 aliphatic carbocycles. The van der Waals surface area contributed by atoms with Crippen LogP contribution < -0.4 is 25.1 Å². The van der Waals surface area contributed by atoms with Crippen LogP contribution in [0.25, 0.3) is 22.3 Å². The molecule has 242 valence electrons. The number of aromatic nitrogens is 2. The normalized spacial score (nSPS) is 11.3. The second kappa shape index (κ2) is 14.8. The van der Waals surface area contributed by atoms with E-state index in [2.05, 4.69) is 46.9 Å². The van der Waals surface area contributed by atoms with Crippen molar-refractivity contribution in [2.75, 3.05) is 25.6 Å². The summed E-state index contributed by atoms with van der Waals surface area (Å²) < 4.78 is 32.8. The van der Waals surface area contributed by atoms with Crippen LogP contribution in [0.4, 0.5) is 10.1 Å². The maximum Gasteiger partial charge on any atom is 0.282 e. The van der Waals surface area contributed by atoms with E-state index in [9.17, 15) is 14.0 Å². The smallest absolute Gasteiger partial charge is 0.282 e. The molecule has 1 heterocycles. The van der Waals surface area contributed by atoms with Crippen LogP contribution >= 0.6 is 22.6 Å². The lowest BCUT2D eigenvalue weighted by Gasteiger charge is -2.17. The minimum Gasteiger partial charge on any atom is -0.496 e. The van der Waals surface area contributed by atoms with Crippen LogP contribution in [0, 0.1) is 16.3 Å². The van der Waals surface area contributed by atoms with E-state index < -0.39 is 11.7 Å². The number of hydrogen-bond acceptors (Lipinski definition) is 7. The second-order valence-corrected chi connectivity index (χ2v) is 12.2. The van der Waals surface area contributed by atoms with Gasteiger partial charge < -0.3 is 19.5 Å². The van der Waals surface area contributed by atoms with Crippen molar-refractivity contribution in [3.63, 3.8) is 0 Å². The maximum absolute atomic E-state index is 13.9. The number of ether oxygens (including phenoxy) is 3. The van der Waals surface area contributed by atoms with E-state index in [1.165, 1.54) is 22.9 Å². The average Bonchev–Trinajstić information content (AvgIpc) is 3.03. The van der Waals surface area contributed by atoms with Gasteiger partial charge in [0.25, 0.3) is 11.5 Å². The van der Waals surface area contributed by atoms with Gasteiger partial charge in [0, 0.05) is 11.3 Å². The predicted molar refractivity (Wildman–Crippen MR) is 191 cm³/mol. The molecule has 0 atom stereocenters. The number of nitrogens with zero attached hydrogens (tertiary/aromatic N) is 3. The summed E-state index contributed by atoms with van der Waals surface area (Å²) in [6.07, 6.45) is 1.56. The van der Waals surface area contributed by atoms with Crippen molar-refractivity contribution in [1.82, 2.24) is 9.66 Å². The van der Waals surface area contributed by atoms with Gasteiger partial charge in [0.15, 0.2) is 23.9 Å². The van der Waals surface area contributed by atoms with Gasteiger partial charge in [0.1, 0.15) is 11.6 Å². The Morgan fingerprint density at radius 1 is 1.06 bits per heavy atom. The molecule has 0 aliphatic rings. The van der Waals surface area contributed by atoms with E-state index in [0.717, 1.165) is 22.4 Å². The first-order valence-corrected chi connectivity index (χ1v) is 16.1. The van der Waals surface area contributed by atoms with Crippen molar-refractivity contribution < 1.29 is 23.4 Å². The third-order valence-corrected chi connectivity index (χ3v) is 8.10. The number of hydrogen-bond donors (Lipinski definition) is 1. The van der Waals surface area contributed by atoms with Gasteiger partial charge in [-0.25, -0.2) is 9.37 Å². The molecule has 0 spiro atoms. The number of rotatable bonds is 11. The van der Waals surface area contributed by atoms with Crippen LogP contribution in [-0.4, -0.2) is 42.1 Å². The summed E-state index contributed by atoms with van der Waals surface area (Å²) >= 11 is 2.09. The van der Waals surface area contributed by atoms with E-state index in [4.69, 9.17) is 19.2 Å². The molecule has 5 rings (SSSR count). The Balaban J connectivity index is 1.52. The fourth-order valence-corrected chi connectivity index (χ4v) is 5.84. The summed E-state index contributed by atoms with van der Waals surface area (Å²) in [5.41, 5.74) is 3.85. The number of aryl methyl sites for hydroxylation is 1. The van der Waals surface area contributed by atoms with E-state index in [1.807, 2.05) is 38.1 Å². The standard InChI is InChI=1S/C36H34FIN4O5/c1-6-46-32-16-23(15-29(38)34(32)47-20-33(43)40-25-11-9-10-24(37)17-25)19-39-42-35(41-30-13-8-7-12-26(30)36(42)44)28-18-27(21(2)3)31(45-5)14-22(28)4/h7-19,21H,6,20H2,1-5H3,(H,40,43). The molecule has 1 aromatic heterocycles. The maximum atomic E-state index is 13.9. The van der Waals surface area contributed by atoms with Gasteiger partial charge in [-0.15, -0.1) is 0 Å². The van der Waals surface area contributed by atoms with Crippen molar-refractivity contribution in [3.8, 4) is 28.6 Å². The van der Waals surface area contributed by atoms with Crippen molar-refractivity contribution in [2.45, 2.75) is 33.6 Å². The number of fused-ring (bicyclic) bond motifs is 1. The molecule has 0 bridgehead atoms. The zero-order valence-electron chi connectivity index (χ0n) is 26.6. The van der Waals surface area contributed by atoms with Crippen LogP contribution in [0.15, 0.2) is 82.7 Å². The number of nitrogens with one attached hydrogen (secondary N) is 1. The molecule has 9 nitrogen and oxygen atoms in total. The molecule has 0 radical (unpaired) electrons. The molecule has 1 N–H and O–H groups in total. The number of carbonyl (C=O) groups excluding carboxylic acids is 1. The van der Waals surface area contributed by atoms with E-state index >= 15 is 0 Å². The van der Waals surface area contributed by atoms with Crippen LogP contribution in [0.1, 0.15) is 43.4 Å². The summed E-state index contributed by atoms with van der Waals surface area (Å²) in [6.45, 7) is 7.97. The minimum absolute atomic E-state index is 0.167. The largest absolute Gasteiger partial charge is 0.496 e. The van der Waals surface area contributed by atoms with Crippen molar-refractivity contribution in [3.05, 3.63) is 109 Å². The second-order valence-electron chi connectivity index (χ2n) is 11.0. The van der Waals surface area contributed by atoms with Crippen LogP contribution in [-0.2, 0) is 4.79 Å². The Bertz CT molecular complexity index is 2040. The molecule has 1 amide bonds. The predicted octanol–water partition coefficient (Wildman–Crippen LogP) is 7.55. The minimum atomic E-state index is -0.456. The lowest BCUT2D eigenvalue weighted by atomic mass is 9.96. The van der Waals surface area contributed by atoms with Crippen molar-refractivity contribution in [2.24, 2.45) is 5.10 Å². The summed E-state index contributed by atoms with van der Waals surface area (Å²) in [5, 5.41) is 7.71. The summed E-state index contributed by atoms with van der Waals surface area (Å²) in [4.78, 5) is 31.3. The van der Waals surface area contributed by atoms with E-state index in [0.29, 0.717) is 49.7 Å². The lowest BCUT2D eigenvalue weighted by Crippen LogP contribution is -2.21. The zero-order chi connectivity index (χ0) is 33.7. The number of amides is 1. The monoisotopic (exact) mass is 748 g/mol. The van der Waals surface area contributed by atoms with Crippen LogP contribution in [0.2, 0.25) is 0 Å². The number of anilines is 1. The Kier molecular flexibility index (Phi) is 10.5. The molecule has 0 saturated heterocycles. The Morgan fingerprint density at radius 3 is 2.57 bits per heavy atom. The first-order valence-electron chi connectivity index (χ1n) is 15.0. The molecular formula is C36H34FIN4O5. The highest BCUT2D eigenvalue weighted by Gasteiger charge is 2.19. The fourth-order valence-electron chi connectivity index (χ4n) is 5.06. The Labute approximate surface area is 285 Å². The van der Waals surface area contributed by atoms with Gasteiger partial charge in [-0.1, -0.05) is 32.0 Å². The third kappa shape index (κ3) is 7.62. The third-order valence-electron chi connectivity index (χ3n) is 7.30.